The minimum absolute atomic E-state index is 0.100. The van der Waals surface area contributed by atoms with Gasteiger partial charge in [-0.25, -0.2) is 9.78 Å². The molecule has 6 nitrogen and oxygen atoms in total. The Bertz CT molecular complexity index is 437. The zero-order chi connectivity index (χ0) is 14.5. The van der Waals surface area contributed by atoms with E-state index in [1.54, 1.807) is 0 Å². The van der Waals surface area contributed by atoms with Crippen LogP contribution in [0, 0.1) is 13.8 Å². The third-order valence-corrected chi connectivity index (χ3v) is 3.81. The second kappa shape index (κ2) is 6.74. The highest BCUT2D eigenvalue weighted by Gasteiger charge is 2.26. The number of amides is 2. The number of oxazole rings is 1. The lowest BCUT2D eigenvalue weighted by Gasteiger charge is -2.35. The quantitative estimate of drug-likeness (QED) is 0.881. The summed E-state index contributed by atoms with van der Waals surface area (Å²) in [6, 6.07) is 0.0402. The number of carbonyl (C=O) groups excluding carboxylic acids is 1. The monoisotopic (exact) mass is 281 g/mol. The van der Waals surface area contributed by atoms with E-state index in [4.69, 9.17) is 9.52 Å². The maximum atomic E-state index is 12.2. The fourth-order valence-electron chi connectivity index (χ4n) is 2.58. The summed E-state index contributed by atoms with van der Waals surface area (Å²) in [5.41, 5.74) is 0.852. The van der Waals surface area contributed by atoms with Crippen LogP contribution >= 0.6 is 0 Å². The first-order valence-corrected chi connectivity index (χ1v) is 7.20. The molecule has 20 heavy (non-hydrogen) atoms. The average molecular weight is 281 g/mol. The number of likely N-dealkylation sites (tertiary alicyclic amines) is 1. The Balaban J connectivity index is 1.89. The number of hydrogen-bond acceptors (Lipinski definition) is 4. The molecule has 2 heterocycles. The molecule has 1 unspecified atom stereocenters. The van der Waals surface area contributed by atoms with Crippen LogP contribution in [-0.2, 0) is 6.54 Å². The summed E-state index contributed by atoms with van der Waals surface area (Å²) in [5.74, 6) is 1.31. The highest BCUT2D eigenvalue weighted by molar-refractivity contribution is 5.74. The molecule has 0 spiro atoms. The molecule has 1 aliphatic rings. The number of rotatable bonds is 4. The minimum Gasteiger partial charge on any atom is -0.444 e. The SMILES string of the molecule is Cc1nc(CNC(=O)N2CCCCC2CCO)oc1C. The molecule has 0 radical (unpaired) electrons. The number of aromatic nitrogens is 1. The molecular formula is C14H23N3O3. The van der Waals surface area contributed by atoms with E-state index in [1.165, 1.54) is 0 Å². The van der Waals surface area contributed by atoms with E-state index in [2.05, 4.69) is 10.3 Å². The third-order valence-electron chi connectivity index (χ3n) is 3.81. The highest BCUT2D eigenvalue weighted by Crippen LogP contribution is 2.19. The molecule has 112 valence electrons. The van der Waals surface area contributed by atoms with Crippen molar-refractivity contribution in [3.8, 4) is 0 Å². The van der Waals surface area contributed by atoms with Crippen LogP contribution in [0.2, 0.25) is 0 Å². The largest absolute Gasteiger partial charge is 0.444 e. The number of carbonyl (C=O) groups is 1. The van der Waals surface area contributed by atoms with E-state index in [0.29, 0.717) is 18.9 Å². The van der Waals surface area contributed by atoms with E-state index in [0.717, 1.165) is 37.3 Å². The van der Waals surface area contributed by atoms with Gasteiger partial charge in [0.2, 0.25) is 5.89 Å². The standard InChI is InChI=1S/C14H23N3O3/c1-10-11(2)20-13(16-10)9-15-14(19)17-7-4-3-5-12(17)6-8-18/h12,18H,3-9H2,1-2H3,(H,15,19). The van der Waals surface area contributed by atoms with Crippen LogP contribution < -0.4 is 5.32 Å². The third kappa shape index (κ3) is 3.50. The lowest BCUT2D eigenvalue weighted by atomic mass is 10.0. The van der Waals surface area contributed by atoms with Crippen molar-refractivity contribution in [2.45, 2.75) is 52.1 Å². The molecule has 1 aromatic heterocycles. The van der Waals surface area contributed by atoms with Gasteiger partial charge in [-0.15, -0.1) is 0 Å². The van der Waals surface area contributed by atoms with Gasteiger partial charge in [0, 0.05) is 19.2 Å². The summed E-state index contributed by atoms with van der Waals surface area (Å²) in [6.07, 6.45) is 3.75. The highest BCUT2D eigenvalue weighted by atomic mass is 16.4. The van der Waals surface area contributed by atoms with E-state index >= 15 is 0 Å². The smallest absolute Gasteiger partial charge is 0.318 e. The molecule has 0 aliphatic carbocycles. The predicted octanol–water partition coefficient (Wildman–Crippen LogP) is 1.74. The van der Waals surface area contributed by atoms with E-state index < -0.39 is 0 Å². The topological polar surface area (TPSA) is 78.6 Å². The van der Waals surface area contributed by atoms with Crippen molar-refractivity contribution < 1.29 is 14.3 Å². The van der Waals surface area contributed by atoms with Crippen LogP contribution in [0.3, 0.4) is 0 Å². The molecule has 2 rings (SSSR count). The molecule has 1 atom stereocenters. The Hall–Kier alpha value is -1.56. The fourth-order valence-corrected chi connectivity index (χ4v) is 2.58. The number of aliphatic hydroxyl groups excluding tert-OH is 1. The number of nitrogens with zero attached hydrogens (tertiary/aromatic N) is 2. The molecule has 1 aliphatic heterocycles. The van der Waals surface area contributed by atoms with Gasteiger partial charge in [-0.3, -0.25) is 0 Å². The van der Waals surface area contributed by atoms with E-state index in [-0.39, 0.29) is 18.7 Å². The van der Waals surface area contributed by atoms with Crippen molar-refractivity contribution in [2.75, 3.05) is 13.2 Å². The number of nitrogens with one attached hydrogen (secondary N) is 1. The van der Waals surface area contributed by atoms with Gasteiger partial charge in [-0.2, -0.15) is 0 Å². The maximum absolute atomic E-state index is 12.2. The molecule has 1 fully saturated rings. The molecule has 0 bridgehead atoms. The van der Waals surface area contributed by atoms with E-state index in [9.17, 15) is 4.79 Å². The van der Waals surface area contributed by atoms with Gasteiger partial charge < -0.3 is 19.7 Å². The summed E-state index contributed by atoms with van der Waals surface area (Å²) >= 11 is 0. The minimum atomic E-state index is -0.100. The molecule has 1 aromatic rings. The predicted molar refractivity (Wildman–Crippen MR) is 74.3 cm³/mol. The Kier molecular flexibility index (Phi) is 5.00. The number of hydrogen-bond donors (Lipinski definition) is 2. The van der Waals surface area contributed by atoms with Crippen molar-refractivity contribution >= 4 is 6.03 Å². The molecular weight excluding hydrogens is 258 g/mol. The first-order chi connectivity index (χ1) is 9.61. The summed E-state index contributed by atoms with van der Waals surface area (Å²) in [5, 5.41) is 11.9. The Morgan fingerprint density at radius 1 is 1.50 bits per heavy atom. The summed E-state index contributed by atoms with van der Waals surface area (Å²) in [6.45, 7) is 4.91. The fraction of sp³-hybridized carbons (Fsp3) is 0.714. The zero-order valence-corrected chi connectivity index (χ0v) is 12.2. The Labute approximate surface area is 119 Å². The van der Waals surface area contributed by atoms with Crippen molar-refractivity contribution in [2.24, 2.45) is 0 Å². The Morgan fingerprint density at radius 3 is 2.95 bits per heavy atom. The van der Waals surface area contributed by atoms with Gasteiger partial charge in [0.1, 0.15) is 5.76 Å². The Morgan fingerprint density at radius 2 is 2.30 bits per heavy atom. The number of urea groups is 1. The maximum Gasteiger partial charge on any atom is 0.318 e. The summed E-state index contributed by atoms with van der Waals surface area (Å²) < 4.78 is 5.44. The number of aryl methyl sites for hydroxylation is 2. The van der Waals surface area contributed by atoms with Gasteiger partial charge in [0.25, 0.3) is 0 Å². The molecule has 2 amide bonds. The lowest BCUT2D eigenvalue weighted by Crippen LogP contribution is -2.48. The first kappa shape index (κ1) is 14.8. The molecule has 6 heteroatoms. The van der Waals surface area contributed by atoms with Crippen LogP contribution in [0.5, 0.6) is 0 Å². The van der Waals surface area contributed by atoms with Crippen molar-refractivity contribution in [1.82, 2.24) is 15.2 Å². The second-order valence-electron chi connectivity index (χ2n) is 5.26. The van der Waals surface area contributed by atoms with Crippen LogP contribution in [0.25, 0.3) is 0 Å². The average Bonchev–Trinajstić information content (AvgIpc) is 2.76. The molecule has 2 N–H and O–H groups in total. The molecule has 0 aromatic carbocycles. The lowest BCUT2D eigenvalue weighted by molar-refractivity contribution is 0.131. The van der Waals surface area contributed by atoms with Crippen molar-refractivity contribution in [3.63, 3.8) is 0 Å². The summed E-state index contributed by atoms with van der Waals surface area (Å²) in [4.78, 5) is 18.3. The van der Waals surface area contributed by atoms with Crippen molar-refractivity contribution in [3.05, 3.63) is 17.3 Å². The van der Waals surface area contributed by atoms with Gasteiger partial charge in [-0.1, -0.05) is 0 Å². The van der Waals surface area contributed by atoms with Gasteiger partial charge in [-0.05, 0) is 39.5 Å². The second-order valence-corrected chi connectivity index (χ2v) is 5.26. The van der Waals surface area contributed by atoms with Gasteiger partial charge in [0.15, 0.2) is 0 Å². The van der Waals surface area contributed by atoms with Crippen molar-refractivity contribution in [1.29, 1.82) is 0 Å². The molecule has 0 saturated carbocycles. The van der Waals surface area contributed by atoms with E-state index in [1.807, 2.05) is 18.7 Å². The van der Waals surface area contributed by atoms with Crippen LogP contribution in [0.15, 0.2) is 4.42 Å². The normalized spacial score (nSPS) is 19.1. The number of piperidine rings is 1. The summed E-state index contributed by atoms with van der Waals surface area (Å²) in [7, 11) is 0. The molecule has 1 saturated heterocycles. The van der Waals surface area contributed by atoms with Crippen LogP contribution in [-0.4, -0.2) is 40.2 Å². The van der Waals surface area contributed by atoms with Crippen LogP contribution in [0.1, 0.15) is 43.0 Å². The van der Waals surface area contributed by atoms with Gasteiger partial charge in [0.05, 0.1) is 12.2 Å². The van der Waals surface area contributed by atoms with Gasteiger partial charge >= 0.3 is 6.03 Å². The van der Waals surface area contributed by atoms with Crippen LogP contribution in [0.4, 0.5) is 4.79 Å². The zero-order valence-electron chi connectivity index (χ0n) is 12.2. The number of aliphatic hydroxyl groups is 1. The first-order valence-electron chi connectivity index (χ1n) is 7.20.